The van der Waals surface area contributed by atoms with Crippen molar-refractivity contribution in [2.45, 2.75) is 6.61 Å². The van der Waals surface area contributed by atoms with E-state index in [4.69, 9.17) is 9.47 Å². The van der Waals surface area contributed by atoms with Crippen LogP contribution in [0.4, 0.5) is 4.39 Å². The summed E-state index contributed by atoms with van der Waals surface area (Å²) >= 11 is 3.35. The van der Waals surface area contributed by atoms with Crippen molar-refractivity contribution in [1.29, 1.82) is 0 Å². The van der Waals surface area contributed by atoms with Gasteiger partial charge in [-0.1, -0.05) is 40.2 Å². The van der Waals surface area contributed by atoms with Crippen molar-refractivity contribution in [3.63, 3.8) is 0 Å². The molecular weight excluding hydrogens is 423 g/mol. The minimum Gasteiger partial charge on any atom is -0.496 e. The second kappa shape index (κ2) is 9.33. The quantitative estimate of drug-likeness (QED) is 0.330. The van der Waals surface area contributed by atoms with E-state index in [1.165, 1.54) is 12.1 Å². The first-order valence-corrected chi connectivity index (χ1v) is 9.38. The molecule has 0 spiro atoms. The Kier molecular flexibility index (Phi) is 6.61. The second-order valence-electron chi connectivity index (χ2n) is 5.99. The molecule has 3 nitrogen and oxygen atoms in total. The zero-order valence-electron chi connectivity index (χ0n) is 15.2. The molecule has 0 aliphatic carbocycles. The molecule has 0 atom stereocenters. The van der Waals surface area contributed by atoms with Gasteiger partial charge in [0, 0.05) is 15.6 Å². The maximum atomic E-state index is 13.7. The van der Waals surface area contributed by atoms with Crippen LogP contribution in [0, 0.1) is 5.82 Å². The summed E-state index contributed by atoms with van der Waals surface area (Å²) < 4.78 is 25.6. The summed E-state index contributed by atoms with van der Waals surface area (Å²) in [5.41, 5.74) is 2.18. The van der Waals surface area contributed by atoms with Crippen molar-refractivity contribution in [1.82, 2.24) is 0 Å². The van der Waals surface area contributed by atoms with Crippen LogP contribution < -0.4 is 9.47 Å². The molecule has 0 aliphatic rings. The number of methoxy groups -OCH3 is 1. The average molecular weight is 441 g/mol. The number of halogens is 2. The predicted octanol–water partition coefficient (Wildman–Crippen LogP) is 6.07. The van der Waals surface area contributed by atoms with E-state index < -0.39 is 5.82 Å². The van der Waals surface area contributed by atoms with E-state index in [9.17, 15) is 9.18 Å². The van der Waals surface area contributed by atoms with Gasteiger partial charge < -0.3 is 9.47 Å². The Morgan fingerprint density at radius 1 is 1.04 bits per heavy atom. The molecule has 3 rings (SSSR count). The van der Waals surface area contributed by atoms with E-state index in [0.29, 0.717) is 11.3 Å². The first kappa shape index (κ1) is 19.8. The van der Waals surface area contributed by atoms with Crippen LogP contribution in [0.5, 0.6) is 11.5 Å². The van der Waals surface area contributed by atoms with Gasteiger partial charge in [-0.05, 0) is 60.2 Å². The zero-order valence-corrected chi connectivity index (χ0v) is 16.8. The summed E-state index contributed by atoms with van der Waals surface area (Å²) in [5.74, 6) is 0.300. The van der Waals surface area contributed by atoms with Crippen LogP contribution in [0.15, 0.2) is 77.3 Å². The number of para-hydroxylation sites is 1. The molecule has 0 N–H and O–H groups in total. The summed E-state index contributed by atoms with van der Waals surface area (Å²) in [4.78, 5) is 12.3. The van der Waals surface area contributed by atoms with E-state index >= 15 is 0 Å². The van der Waals surface area contributed by atoms with Crippen molar-refractivity contribution in [2.24, 2.45) is 0 Å². The molecule has 0 saturated heterocycles. The number of hydrogen-bond donors (Lipinski definition) is 0. The Morgan fingerprint density at radius 2 is 1.79 bits per heavy atom. The van der Waals surface area contributed by atoms with Gasteiger partial charge >= 0.3 is 0 Å². The smallest absolute Gasteiger partial charge is 0.185 e. The maximum Gasteiger partial charge on any atom is 0.185 e. The van der Waals surface area contributed by atoms with Crippen LogP contribution >= 0.6 is 15.9 Å². The van der Waals surface area contributed by atoms with Crippen molar-refractivity contribution in [2.75, 3.05) is 7.11 Å². The Morgan fingerprint density at radius 3 is 2.50 bits per heavy atom. The highest BCUT2D eigenvalue weighted by molar-refractivity contribution is 9.10. The molecule has 3 aromatic carbocycles. The summed E-state index contributed by atoms with van der Waals surface area (Å²) in [5, 5.41) is 0. The molecule has 0 amide bonds. The van der Waals surface area contributed by atoms with Crippen molar-refractivity contribution in [3.05, 3.63) is 99.8 Å². The fourth-order valence-electron chi connectivity index (χ4n) is 2.61. The van der Waals surface area contributed by atoms with Gasteiger partial charge in [-0.2, -0.15) is 0 Å². The van der Waals surface area contributed by atoms with Gasteiger partial charge in [-0.3, -0.25) is 4.79 Å². The Balaban J connectivity index is 1.75. The number of benzene rings is 3. The Hall–Kier alpha value is -2.92. The van der Waals surface area contributed by atoms with Gasteiger partial charge in [0.1, 0.15) is 12.4 Å². The highest BCUT2D eigenvalue weighted by Gasteiger charge is 2.08. The lowest BCUT2D eigenvalue weighted by Gasteiger charge is -2.11. The number of ketones is 1. The van der Waals surface area contributed by atoms with Crippen LogP contribution in [0.1, 0.15) is 21.5 Å². The molecule has 0 unspecified atom stereocenters. The lowest BCUT2D eigenvalue weighted by Crippen LogP contribution is -2.00. The molecule has 0 heterocycles. The fourth-order valence-corrected chi connectivity index (χ4v) is 2.88. The minimum absolute atomic E-state index is 0.0903. The molecule has 28 heavy (non-hydrogen) atoms. The lowest BCUT2D eigenvalue weighted by molar-refractivity contribution is 0.104. The van der Waals surface area contributed by atoms with Gasteiger partial charge in [0.25, 0.3) is 0 Å². The normalized spacial score (nSPS) is 10.8. The number of carbonyl (C=O) groups excluding carboxylic acids is 1. The molecule has 0 bridgehead atoms. The second-order valence-corrected chi connectivity index (χ2v) is 6.91. The van der Waals surface area contributed by atoms with Crippen LogP contribution in [-0.2, 0) is 6.61 Å². The first-order chi connectivity index (χ1) is 13.6. The SMILES string of the molecule is COc1ccc(/C=C/C(=O)c2ccc(Br)cc2)cc1COc1ccccc1F. The van der Waals surface area contributed by atoms with Crippen molar-refractivity contribution < 1.29 is 18.7 Å². The molecule has 0 saturated carbocycles. The van der Waals surface area contributed by atoms with Crippen molar-refractivity contribution in [3.8, 4) is 11.5 Å². The van der Waals surface area contributed by atoms with E-state index in [1.807, 2.05) is 24.3 Å². The van der Waals surface area contributed by atoms with Gasteiger partial charge in [-0.25, -0.2) is 4.39 Å². The number of hydrogen-bond acceptors (Lipinski definition) is 3. The molecule has 3 aromatic rings. The number of rotatable bonds is 7. The highest BCUT2D eigenvalue weighted by Crippen LogP contribution is 2.24. The fraction of sp³-hybridized carbons (Fsp3) is 0.0870. The van der Waals surface area contributed by atoms with Crippen LogP contribution in [-0.4, -0.2) is 12.9 Å². The summed E-state index contributed by atoms with van der Waals surface area (Å²) in [6, 6.07) is 18.9. The standard InChI is InChI=1S/C23H18BrFO3/c1-27-22-13-7-16(6-12-21(26)17-8-10-19(24)11-9-17)14-18(22)15-28-23-5-3-2-4-20(23)25/h2-14H,15H2,1H3/b12-6+. The van der Waals surface area contributed by atoms with Crippen LogP contribution in [0.2, 0.25) is 0 Å². The maximum absolute atomic E-state index is 13.7. The first-order valence-electron chi connectivity index (χ1n) is 8.59. The molecule has 0 fully saturated rings. The summed E-state index contributed by atoms with van der Waals surface area (Å²) in [7, 11) is 1.56. The van der Waals surface area contributed by atoms with Gasteiger partial charge in [-0.15, -0.1) is 0 Å². The Bertz CT molecular complexity index is 997. The van der Waals surface area contributed by atoms with E-state index in [1.54, 1.807) is 49.6 Å². The predicted molar refractivity (Wildman–Crippen MR) is 111 cm³/mol. The third-order valence-electron chi connectivity index (χ3n) is 4.08. The molecular formula is C23H18BrFO3. The third-order valence-corrected chi connectivity index (χ3v) is 4.61. The topological polar surface area (TPSA) is 35.5 Å². The highest BCUT2D eigenvalue weighted by atomic mass is 79.9. The molecule has 5 heteroatoms. The number of carbonyl (C=O) groups is 1. The van der Waals surface area contributed by atoms with Crippen LogP contribution in [0.3, 0.4) is 0 Å². The largest absolute Gasteiger partial charge is 0.496 e. The third kappa shape index (κ3) is 5.08. The van der Waals surface area contributed by atoms with Gasteiger partial charge in [0.05, 0.1) is 7.11 Å². The average Bonchev–Trinajstić information content (AvgIpc) is 2.72. The van der Waals surface area contributed by atoms with Crippen LogP contribution in [0.25, 0.3) is 6.08 Å². The minimum atomic E-state index is -0.419. The molecule has 0 aliphatic heterocycles. The number of ether oxygens (including phenoxy) is 2. The van der Waals surface area contributed by atoms with Gasteiger partial charge in [0.15, 0.2) is 17.3 Å². The Labute approximate surface area is 171 Å². The van der Waals surface area contributed by atoms with E-state index in [0.717, 1.165) is 15.6 Å². The summed E-state index contributed by atoms with van der Waals surface area (Å²) in [6.45, 7) is 0.145. The van der Waals surface area contributed by atoms with E-state index in [2.05, 4.69) is 15.9 Å². The molecule has 0 aromatic heterocycles. The monoisotopic (exact) mass is 440 g/mol. The van der Waals surface area contributed by atoms with Gasteiger partial charge in [0.2, 0.25) is 0 Å². The number of allylic oxidation sites excluding steroid dienone is 1. The molecule has 0 radical (unpaired) electrons. The van der Waals surface area contributed by atoms with E-state index in [-0.39, 0.29) is 18.1 Å². The summed E-state index contributed by atoms with van der Waals surface area (Å²) in [6.07, 6.45) is 3.25. The zero-order chi connectivity index (χ0) is 19.9. The van der Waals surface area contributed by atoms with Crippen molar-refractivity contribution >= 4 is 27.8 Å². The molecule has 142 valence electrons. The lowest BCUT2D eigenvalue weighted by atomic mass is 10.1.